The molecule has 7 heteroatoms. The second kappa shape index (κ2) is 7.19. The third-order valence-electron chi connectivity index (χ3n) is 5.28. The van der Waals surface area contributed by atoms with Gasteiger partial charge in [-0.25, -0.2) is 0 Å². The van der Waals surface area contributed by atoms with Gasteiger partial charge in [0.1, 0.15) is 0 Å². The van der Waals surface area contributed by atoms with Gasteiger partial charge in [-0.05, 0) is 45.1 Å². The van der Waals surface area contributed by atoms with Gasteiger partial charge in [0.05, 0.1) is 13.1 Å². The molecule has 0 spiro atoms. The summed E-state index contributed by atoms with van der Waals surface area (Å²) < 4.78 is 5.34. The maximum atomic E-state index is 12.2. The van der Waals surface area contributed by atoms with Crippen LogP contribution >= 0.6 is 0 Å². The quantitative estimate of drug-likeness (QED) is 0.841. The van der Waals surface area contributed by atoms with Crippen molar-refractivity contribution in [3.05, 3.63) is 11.7 Å². The molecule has 1 aromatic rings. The van der Waals surface area contributed by atoms with Gasteiger partial charge in [0.2, 0.25) is 11.8 Å². The van der Waals surface area contributed by atoms with E-state index in [0.29, 0.717) is 18.5 Å². The average Bonchev–Trinajstić information content (AvgIpc) is 3.10. The Balaban J connectivity index is 1.23. The lowest BCUT2D eigenvalue weighted by Crippen LogP contribution is -2.48. The molecule has 4 rings (SSSR count). The first-order valence-corrected chi connectivity index (χ1v) is 9.34. The van der Waals surface area contributed by atoms with Gasteiger partial charge in [0.25, 0.3) is 0 Å². The number of nitrogens with zero attached hydrogens (tertiary/aromatic N) is 4. The molecule has 0 bridgehead atoms. The van der Waals surface area contributed by atoms with E-state index in [2.05, 4.69) is 20.4 Å². The van der Waals surface area contributed by atoms with Crippen LogP contribution < -0.4 is 5.32 Å². The van der Waals surface area contributed by atoms with Crippen LogP contribution in [0.4, 0.5) is 0 Å². The summed E-state index contributed by atoms with van der Waals surface area (Å²) in [6, 6.07) is 0.375. The number of likely N-dealkylation sites (tertiary alicyclic amines) is 2. The van der Waals surface area contributed by atoms with Crippen molar-refractivity contribution in [2.75, 3.05) is 32.7 Å². The van der Waals surface area contributed by atoms with E-state index < -0.39 is 0 Å². The minimum atomic E-state index is 0.247. The molecular formula is C17H27N5O2. The first kappa shape index (κ1) is 16.0. The molecule has 3 fully saturated rings. The topological polar surface area (TPSA) is 74.5 Å². The van der Waals surface area contributed by atoms with E-state index in [1.807, 2.05) is 4.90 Å². The smallest absolute Gasteiger partial charge is 0.236 e. The van der Waals surface area contributed by atoms with Crippen molar-refractivity contribution in [3.63, 3.8) is 0 Å². The van der Waals surface area contributed by atoms with E-state index >= 15 is 0 Å². The summed E-state index contributed by atoms with van der Waals surface area (Å²) in [7, 11) is 0. The Hall–Kier alpha value is -1.47. The van der Waals surface area contributed by atoms with Crippen LogP contribution in [0.25, 0.3) is 0 Å². The van der Waals surface area contributed by atoms with Crippen LogP contribution in [0.15, 0.2) is 4.52 Å². The zero-order valence-corrected chi connectivity index (χ0v) is 14.2. The number of carbonyl (C=O) groups is 1. The number of hydrogen-bond donors (Lipinski definition) is 1. The summed E-state index contributed by atoms with van der Waals surface area (Å²) in [5, 5.41) is 7.56. The first-order chi connectivity index (χ1) is 11.8. The lowest BCUT2D eigenvalue weighted by atomic mass is 10.1. The van der Waals surface area contributed by atoms with Crippen LogP contribution in [-0.2, 0) is 11.3 Å². The molecule has 3 heterocycles. The Morgan fingerprint density at radius 1 is 1.17 bits per heavy atom. The number of hydrogen-bond acceptors (Lipinski definition) is 6. The average molecular weight is 333 g/mol. The highest BCUT2D eigenvalue weighted by molar-refractivity contribution is 5.78. The number of rotatable bonds is 6. The second-order valence-electron chi connectivity index (χ2n) is 7.37. The summed E-state index contributed by atoms with van der Waals surface area (Å²) >= 11 is 0. The number of carbonyl (C=O) groups excluding carboxylic acids is 1. The van der Waals surface area contributed by atoms with E-state index in [-0.39, 0.29) is 5.91 Å². The third kappa shape index (κ3) is 3.95. The Morgan fingerprint density at radius 2 is 2.00 bits per heavy atom. The Morgan fingerprint density at radius 3 is 2.79 bits per heavy atom. The molecule has 1 saturated carbocycles. The number of nitrogens with one attached hydrogen (secondary N) is 1. The van der Waals surface area contributed by atoms with E-state index in [0.717, 1.165) is 70.1 Å². The number of amides is 1. The minimum Gasteiger partial charge on any atom is -0.342 e. The minimum absolute atomic E-state index is 0.247. The fraction of sp³-hybridized carbons (Fsp3) is 0.824. The molecule has 0 aromatic carbocycles. The molecule has 2 saturated heterocycles. The van der Waals surface area contributed by atoms with Gasteiger partial charge in [-0.1, -0.05) is 5.16 Å². The van der Waals surface area contributed by atoms with E-state index in [9.17, 15) is 4.79 Å². The molecule has 1 atom stereocenters. The predicted molar refractivity (Wildman–Crippen MR) is 88.4 cm³/mol. The van der Waals surface area contributed by atoms with Crippen LogP contribution in [0.3, 0.4) is 0 Å². The maximum Gasteiger partial charge on any atom is 0.236 e. The van der Waals surface area contributed by atoms with Gasteiger partial charge < -0.3 is 14.7 Å². The van der Waals surface area contributed by atoms with Gasteiger partial charge in [0.15, 0.2) is 5.82 Å². The summed E-state index contributed by atoms with van der Waals surface area (Å²) in [4.78, 5) is 21.0. The van der Waals surface area contributed by atoms with E-state index in [1.165, 1.54) is 12.8 Å². The fourth-order valence-electron chi connectivity index (χ4n) is 3.70. The fourth-order valence-corrected chi connectivity index (χ4v) is 3.70. The summed E-state index contributed by atoms with van der Waals surface area (Å²) in [6.45, 7) is 5.07. The highest BCUT2D eigenvalue weighted by Crippen LogP contribution is 2.38. The molecule has 7 nitrogen and oxygen atoms in total. The van der Waals surface area contributed by atoms with Gasteiger partial charge in [0, 0.05) is 31.6 Å². The van der Waals surface area contributed by atoms with Crippen molar-refractivity contribution >= 4 is 5.91 Å². The summed E-state index contributed by atoms with van der Waals surface area (Å²) in [5.41, 5.74) is 0. The molecule has 1 aromatic heterocycles. The molecular weight excluding hydrogens is 306 g/mol. The third-order valence-corrected chi connectivity index (χ3v) is 5.28. The van der Waals surface area contributed by atoms with Crippen LogP contribution in [0.5, 0.6) is 0 Å². The molecule has 2 aliphatic heterocycles. The summed E-state index contributed by atoms with van der Waals surface area (Å²) in [5.74, 6) is 2.37. The van der Waals surface area contributed by atoms with Crippen LogP contribution in [0.2, 0.25) is 0 Å². The predicted octanol–water partition coefficient (Wildman–Crippen LogP) is 1.12. The second-order valence-corrected chi connectivity index (χ2v) is 7.37. The highest BCUT2D eigenvalue weighted by atomic mass is 16.5. The van der Waals surface area contributed by atoms with E-state index in [4.69, 9.17) is 4.52 Å². The zero-order valence-electron chi connectivity index (χ0n) is 14.2. The lowest BCUT2D eigenvalue weighted by molar-refractivity contribution is -0.129. The molecule has 24 heavy (non-hydrogen) atoms. The molecule has 1 aliphatic carbocycles. The van der Waals surface area contributed by atoms with Crippen molar-refractivity contribution in [2.45, 2.75) is 57.0 Å². The normalized spacial score (nSPS) is 25.3. The SMILES string of the molecule is O=C(CN[C@H]1CCCN(Cc2noc(C3CC3)n2)C1)N1CCCC1. The molecule has 132 valence electrons. The maximum absolute atomic E-state index is 12.2. The van der Waals surface area contributed by atoms with E-state index in [1.54, 1.807) is 0 Å². The monoisotopic (exact) mass is 333 g/mol. The molecule has 3 aliphatic rings. The first-order valence-electron chi connectivity index (χ1n) is 9.34. The molecule has 0 radical (unpaired) electrons. The summed E-state index contributed by atoms with van der Waals surface area (Å²) in [6.07, 6.45) is 6.93. The van der Waals surface area contributed by atoms with Gasteiger partial charge in [-0.2, -0.15) is 4.98 Å². The van der Waals surface area contributed by atoms with Gasteiger partial charge >= 0.3 is 0 Å². The van der Waals surface area contributed by atoms with Crippen LogP contribution in [0, 0.1) is 0 Å². The molecule has 1 amide bonds. The lowest BCUT2D eigenvalue weighted by Gasteiger charge is -2.32. The molecule has 1 N–H and O–H groups in total. The number of piperidine rings is 1. The zero-order chi connectivity index (χ0) is 16.4. The van der Waals surface area contributed by atoms with Crippen molar-refractivity contribution in [2.24, 2.45) is 0 Å². The Bertz CT molecular complexity index is 565. The Kier molecular flexibility index (Phi) is 4.80. The van der Waals surface area contributed by atoms with Crippen LogP contribution in [-0.4, -0.2) is 64.6 Å². The van der Waals surface area contributed by atoms with Crippen molar-refractivity contribution in [1.82, 2.24) is 25.3 Å². The van der Waals surface area contributed by atoms with Gasteiger partial charge in [-0.3, -0.25) is 9.69 Å². The van der Waals surface area contributed by atoms with Crippen molar-refractivity contribution in [1.29, 1.82) is 0 Å². The molecule has 0 unspecified atom stereocenters. The Labute approximate surface area is 142 Å². The van der Waals surface area contributed by atoms with Crippen molar-refractivity contribution < 1.29 is 9.32 Å². The highest BCUT2D eigenvalue weighted by Gasteiger charge is 2.30. The van der Waals surface area contributed by atoms with Crippen molar-refractivity contribution in [3.8, 4) is 0 Å². The largest absolute Gasteiger partial charge is 0.342 e. The standard InChI is InChI=1S/C17H27N5O2/c23-16(22-8-1-2-9-22)10-18-14-4-3-7-21(11-14)12-15-19-17(24-20-15)13-5-6-13/h13-14,18H,1-12H2/t14-/m0/s1. The number of aromatic nitrogens is 2. The van der Waals surface area contributed by atoms with Gasteiger partial charge in [-0.15, -0.1) is 0 Å². The van der Waals surface area contributed by atoms with Crippen LogP contribution in [0.1, 0.15) is 56.2 Å².